The molecular formula is C11H11IN2OS. The highest BCUT2D eigenvalue weighted by Crippen LogP contribution is 2.23. The lowest BCUT2D eigenvalue weighted by molar-refractivity contribution is 0.968. The van der Waals surface area contributed by atoms with Crippen molar-refractivity contribution in [1.29, 1.82) is 0 Å². The first-order valence-electron chi connectivity index (χ1n) is 4.95. The molecule has 0 saturated carbocycles. The smallest absolute Gasteiger partial charge is 0.264 e. The quantitative estimate of drug-likeness (QED) is 0.850. The maximum absolute atomic E-state index is 11.7. The second-order valence-electron chi connectivity index (χ2n) is 3.50. The lowest BCUT2D eigenvalue weighted by Crippen LogP contribution is -2.16. The fraction of sp³-hybridized carbons (Fsp3) is 0.273. The summed E-state index contributed by atoms with van der Waals surface area (Å²) in [5.41, 5.74) is 2.99. The minimum absolute atomic E-state index is 0.0481. The van der Waals surface area contributed by atoms with E-state index < -0.39 is 0 Å². The van der Waals surface area contributed by atoms with E-state index in [-0.39, 0.29) is 5.56 Å². The van der Waals surface area contributed by atoms with Gasteiger partial charge in [0.1, 0.15) is 5.82 Å². The fourth-order valence-corrected chi connectivity index (χ4v) is 2.94. The van der Waals surface area contributed by atoms with Crippen LogP contribution in [0.1, 0.15) is 18.2 Å². The molecule has 0 aliphatic rings. The van der Waals surface area contributed by atoms with Crippen LogP contribution in [0.15, 0.2) is 15.6 Å². The molecule has 2 rings (SSSR count). The Kier molecular flexibility index (Phi) is 3.44. The first kappa shape index (κ1) is 11.8. The van der Waals surface area contributed by atoms with Crippen LogP contribution in [-0.4, -0.2) is 9.97 Å². The molecule has 0 radical (unpaired) electrons. The largest absolute Gasteiger partial charge is 0.306 e. The zero-order valence-corrected chi connectivity index (χ0v) is 12.0. The number of nitrogens with zero attached hydrogens (tertiary/aromatic N) is 1. The highest BCUT2D eigenvalue weighted by molar-refractivity contribution is 14.1. The monoisotopic (exact) mass is 346 g/mol. The predicted octanol–water partition coefficient (Wildman–Crippen LogP) is 2.97. The lowest BCUT2D eigenvalue weighted by Gasteiger charge is -2.04. The fourth-order valence-electron chi connectivity index (χ4n) is 1.47. The summed E-state index contributed by atoms with van der Waals surface area (Å²) in [5, 5.41) is 4.07. The van der Waals surface area contributed by atoms with Crippen LogP contribution >= 0.6 is 33.9 Å². The van der Waals surface area contributed by atoms with Crippen molar-refractivity contribution in [1.82, 2.24) is 9.97 Å². The molecule has 3 nitrogen and oxygen atoms in total. The van der Waals surface area contributed by atoms with Crippen LogP contribution < -0.4 is 5.56 Å². The molecule has 0 amide bonds. The van der Waals surface area contributed by atoms with E-state index in [2.05, 4.69) is 15.3 Å². The van der Waals surface area contributed by atoms with Crippen LogP contribution in [0.3, 0.4) is 0 Å². The Hall–Kier alpha value is -0.690. The van der Waals surface area contributed by atoms with E-state index in [1.54, 1.807) is 11.3 Å². The zero-order valence-electron chi connectivity index (χ0n) is 9.00. The third-order valence-corrected chi connectivity index (χ3v) is 4.35. The Morgan fingerprint density at radius 1 is 1.50 bits per heavy atom. The molecule has 0 fully saturated rings. The van der Waals surface area contributed by atoms with Crippen LogP contribution in [-0.2, 0) is 6.42 Å². The molecule has 0 aromatic carbocycles. The molecule has 16 heavy (non-hydrogen) atoms. The summed E-state index contributed by atoms with van der Waals surface area (Å²) in [6.45, 7) is 4.03. The van der Waals surface area contributed by atoms with Crippen LogP contribution in [0.25, 0.3) is 11.4 Å². The van der Waals surface area contributed by atoms with Gasteiger partial charge in [0.05, 0.1) is 9.26 Å². The summed E-state index contributed by atoms with van der Waals surface area (Å²) in [4.78, 5) is 19.1. The molecule has 1 N–H and O–H groups in total. The third-order valence-electron chi connectivity index (χ3n) is 2.38. The van der Waals surface area contributed by atoms with Crippen molar-refractivity contribution in [2.75, 3.05) is 0 Å². The van der Waals surface area contributed by atoms with Gasteiger partial charge in [-0.15, -0.1) is 0 Å². The van der Waals surface area contributed by atoms with E-state index in [4.69, 9.17) is 0 Å². The molecular weight excluding hydrogens is 335 g/mol. The first-order chi connectivity index (χ1) is 7.63. The number of aromatic amines is 1. The Morgan fingerprint density at radius 3 is 2.81 bits per heavy atom. The van der Waals surface area contributed by atoms with Crippen molar-refractivity contribution < 1.29 is 0 Å². The Balaban J connectivity index is 2.64. The maximum Gasteiger partial charge on any atom is 0.264 e. The van der Waals surface area contributed by atoms with E-state index in [0.717, 1.165) is 23.2 Å². The molecule has 0 aliphatic heterocycles. The molecule has 2 heterocycles. The van der Waals surface area contributed by atoms with E-state index >= 15 is 0 Å². The average molecular weight is 346 g/mol. The maximum atomic E-state index is 11.7. The van der Waals surface area contributed by atoms with Gasteiger partial charge >= 0.3 is 0 Å². The third kappa shape index (κ3) is 2.06. The molecule has 2 aromatic heterocycles. The van der Waals surface area contributed by atoms with Gasteiger partial charge in [0.15, 0.2) is 0 Å². The van der Waals surface area contributed by atoms with Gasteiger partial charge in [-0.25, -0.2) is 4.98 Å². The van der Waals surface area contributed by atoms with Gasteiger partial charge in [-0.2, -0.15) is 11.3 Å². The Bertz CT molecular complexity index is 574. The predicted molar refractivity (Wildman–Crippen MR) is 75.0 cm³/mol. The highest BCUT2D eigenvalue weighted by Gasteiger charge is 2.10. The minimum atomic E-state index is -0.0481. The number of rotatable bonds is 2. The summed E-state index contributed by atoms with van der Waals surface area (Å²) in [6, 6.07) is 0. The van der Waals surface area contributed by atoms with Gasteiger partial charge < -0.3 is 4.98 Å². The molecule has 2 aromatic rings. The van der Waals surface area contributed by atoms with Crippen molar-refractivity contribution in [3.8, 4) is 11.4 Å². The molecule has 84 valence electrons. The van der Waals surface area contributed by atoms with E-state index in [1.807, 2.05) is 41.8 Å². The van der Waals surface area contributed by atoms with Gasteiger partial charge in [-0.3, -0.25) is 4.79 Å². The molecule has 0 saturated heterocycles. The summed E-state index contributed by atoms with van der Waals surface area (Å²) < 4.78 is 0.691. The highest BCUT2D eigenvalue weighted by atomic mass is 127. The second-order valence-corrected chi connectivity index (χ2v) is 5.32. The van der Waals surface area contributed by atoms with E-state index in [1.165, 1.54) is 0 Å². The standard InChI is InChI=1S/C11H11IN2OS/c1-3-8-9(12)11(15)14-10(13-8)7-5-16-4-6(7)2/h4-5H,3H2,1-2H3,(H,13,14,15). The molecule has 0 unspecified atom stereocenters. The number of H-pyrrole nitrogens is 1. The van der Waals surface area contributed by atoms with Crippen LogP contribution in [0.5, 0.6) is 0 Å². The first-order valence-corrected chi connectivity index (χ1v) is 6.97. The van der Waals surface area contributed by atoms with Crippen LogP contribution in [0.2, 0.25) is 0 Å². The van der Waals surface area contributed by atoms with Crippen molar-refractivity contribution in [2.24, 2.45) is 0 Å². The summed E-state index contributed by atoms with van der Waals surface area (Å²) in [5.74, 6) is 0.681. The zero-order chi connectivity index (χ0) is 11.7. The van der Waals surface area contributed by atoms with Crippen LogP contribution in [0, 0.1) is 10.5 Å². The number of thiophene rings is 1. The number of aromatic nitrogens is 2. The van der Waals surface area contributed by atoms with Crippen molar-refractivity contribution >= 4 is 33.9 Å². The summed E-state index contributed by atoms with van der Waals surface area (Å²) in [7, 11) is 0. The number of hydrogen-bond acceptors (Lipinski definition) is 3. The molecule has 0 spiro atoms. The number of halogens is 1. The summed E-state index contributed by atoms with van der Waals surface area (Å²) >= 11 is 3.67. The topological polar surface area (TPSA) is 45.8 Å². The van der Waals surface area contributed by atoms with Gasteiger partial charge in [0, 0.05) is 10.9 Å². The van der Waals surface area contributed by atoms with E-state index in [0.29, 0.717) is 9.39 Å². The lowest BCUT2D eigenvalue weighted by atomic mass is 10.2. The van der Waals surface area contributed by atoms with E-state index in [9.17, 15) is 4.79 Å². The number of nitrogens with one attached hydrogen (secondary N) is 1. The Labute approximate surface area is 111 Å². The van der Waals surface area contributed by atoms with Gasteiger partial charge in [0.2, 0.25) is 0 Å². The van der Waals surface area contributed by atoms with Gasteiger partial charge in [-0.1, -0.05) is 6.92 Å². The van der Waals surface area contributed by atoms with Gasteiger partial charge in [0.25, 0.3) is 5.56 Å². The minimum Gasteiger partial charge on any atom is -0.306 e. The van der Waals surface area contributed by atoms with Gasteiger partial charge in [-0.05, 0) is 46.9 Å². The SMILES string of the molecule is CCc1nc(-c2cscc2C)[nH]c(=O)c1I. The number of aryl methyl sites for hydroxylation is 2. The summed E-state index contributed by atoms with van der Waals surface area (Å²) in [6.07, 6.45) is 0.776. The molecule has 0 aliphatic carbocycles. The van der Waals surface area contributed by atoms with Crippen LogP contribution in [0.4, 0.5) is 0 Å². The van der Waals surface area contributed by atoms with Crippen molar-refractivity contribution in [3.05, 3.63) is 35.9 Å². The Morgan fingerprint density at radius 2 is 2.25 bits per heavy atom. The molecule has 5 heteroatoms. The van der Waals surface area contributed by atoms with Crippen molar-refractivity contribution in [3.63, 3.8) is 0 Å². The average Bonchev–Trinajstić information content (AvgIpc) is 2.68. The normalized spacial score (nSPS) is 10.7. The molecule has 0 atom stereocenters. The molecule has 0 bridgehead atoms. The second kappa shape index (κ2) is 4.67. The van der Waals surface area contributed by atoms with Crippen molar-refractivity contribution in [2.45, 2.75) is 20.3 Å². The number of hydrogen-bond donors (Lipinski definition) is 1.